The fourth-order valence-corrected chi connectivity index (χ4v) is 2.91. The van der Waals surface area contributed by atoms with Crippen LogP contribution in [0, 0.1) is 5.82 Å². The highest BCUT2D eigenvalue weighted by molar-refractivity contribution is 5.87. The molecule has 1 aliphatic rings. The van der Waals surface area contributed by atoms with E-state index in [1.807, 2.05) is 0 Å². The maximum Gasteiger partial charge on any atom is 0.315 e. The van der Waals surface area contributed by atoms with Gasteiger partial charge in [-0.3, -0.25) is 9.59 Å². The van der Waals surface area contributed by atoms with Crippen LogP contribution in [-0.2, 0) is 16.1 Å². The number of rotatable bonds is 7. The third kappa shape index (κ3) is 6.06. The van der Waals surface area contributed by atoms with Crippen LogP contribution in [0.2, 0.25) is 0 Å². The van der Waals surface area contributed by atoms with Gasteiger partial charge in [-0.2, -0.15) is 0 Å². The van der Waals surface area contributed by atoms with E-state index in [1.165, 1.54) is 17.0 Å². The lowest BCUT2D eigenvalue weighted by atomic mass is 10.2. The van der Waals surface area contributed by atoms with Crippen LogP contribution in [0.25, 0.3) is 0 Å². The number of nitrogens with one attached hydrogen (secondary N) is 2. The Morgan fingerprint density at radius 3 is 2.36 bits per heavy atom. The Balaban J connectivity index is 1.78. The van der Waals surface area contributed by atoms with Gasteiger partial charge < -0.3 is 21.3 Å². The first-order chi connectivity index (χ1) is 12.0. The number of primary amides is 1. The third-order valence-electron chi connectivity index (χ3n) is 4.18. The van der Waals surface area contributed by atoms with Gasteiger partial charge in [0.25, 0.3) is 0 Å². The number of carbonyl (C=O) groups is 3. The van der Waals surface area contributed by atoms with E-state index in [0.29, 0.717) is 0 Å². The molecule has 7 nitrogen and oxygen atoms in total. The standard InChI is InChI=1S/C17H23FN4O3/c18-13-7-5-12(6-8-13)9-20-17(25)21-10-16(24)22(11-15(19)23)14-3-1-2-4-14/h5-8,14H,1-4,9-11H2,(H2,19,23)(H2,20,21,25). The lowest BCUT2D eigenvalue weighted by molar-refractivity contribution is -0.136. The van der Waals surface area contributed by atoms with Gasteiger partial charge in [-0.15, -0.1) is 0 Å². The second-order valence-corrected chi connectivity index (χ2v) is 6.09. The number of hydrogen-bond acceptors (Lipinski definition) is 3. The molecule has 8 heteroatoms. The van der Waals surface area contributed by atoms with Crippen molar-refractivity contribution in [1.82, 2.24) is 15.5 Å². The molecule has 0 heterocycles. The number of nitrogens with two attached hydrogens (primary N) is 1. The Hall–Kier alpha value is -2.64. The zero-order valence-corrected chi connectivity index (χ0v) is 14.0. The molecule has 1 aromatic carbocycles. The summed E-state index contributed by atoms with van der Waals surface area (Å²) in [5.41, 5.74) is 5.96. The molecule has 1 fully saturated rings. The summed E-state index contributed by atoms with van der Waals surface area (Å²) in [5.74, 6) is -1.25. The van der Waals surface area contributed by atoms with Gasteiger partial charge in [-0.1, -0.05) is 25.0 Å². The van der Waals surface area contributed by atoms with Gasteiger partial charge in [-0.05, 0) is 30.5 Å². The maximum atomic E-state index is 12.8. The maximum absolute atomic E-state index is 12.8. The minimum atomic E-state index is -0.569. The molecule has 0 saturated heterocycles. The summed E-state index contributed by atoms with van der Waals surface area (Å²) in [7, 11) is 0. The highest BCUT2D eigenvalue weighted by atomic mass is 19.1. The Bertz CT molecular complexity index is 615. The van der Waals surface area contributed by atoms with Gasteiger partial charge >= 0.3 is 6.03 Å². The molecule has 0 bridgehead atoms. The van der Waals surface area contributed by atoms with Crippen LogP contribution >= 0.6 is 0 Å². The van der Waals surface area contributed by atoms with Crippen molar-refractivity contribution in [1.29, 1.82) is 0 Å². The van der Waals surface area contributed by atoms with E-state index < -0.39 is 11.9 Å². The van der Waals surface area contributed by atoms with Gasteiger partial charge in [0.05, 0.1) is 13.1 Å². The summed E-state index contributed by atoms with van der Waals surface area (Å²) in [5, 5.41) is 5.06. The predicted octanol–water partition coefficient (Wildman–Crippen LogP) is 0.881. The second-order valence-electron chi connectivity index (χ2n) is 6.09. The molecule has 0 spiro atoms. The normalized spacial score (nSPS) is 14.1. The van der Waals surface area contributed by atoms with E-state index in [1.54, 1.807) is 12.1 Å². The molecule has 4 amide bonds. The first-order valence-corrected chi connectivity index (χ1v) is 8.29. The number of carbonyl (C=O) groups excluding carboxylic acids is 3. The molecule has 1 saturated carbocycles. The van der Waals surface area contributed by atoms with Crippen LogP contribution in [0.4, 0.5) is 9.18 Å². The Kier molecular flexibility index (Phi) is 6.73. The number of nitrogens with zero attached hydrogens (tertiary/aromatic N) is 1. The molecule has 0 aliphatic heterocycles. The molecule has 4 N–H and O–H groups in total. The zero-order chi connectivity index (χ0) is 18.2. The van der Waals surface area contributed by atoms with Crippen LogP contribution in [0.5, 0.6) is 0 Å². The monoisotopic (exact) mass is 350 g/mol. The van der Waals surface area contributed by atoms with Crippen molar-refractivity contribution in [2.75, 3.05) is 13.1 Å². The summed E-state index contributed by atoms with van der Waals surface area (Å²) in [4.78, 5) is 36.8. The molecule has 1 aromatic rings. The van der Waals surface area contributed by atoms with Crippen molar-refractivity contribution in [3.8, 4) is 0 Å². The molecular weight excluding hydrogens is 327 g/mol. The topological polar surface area (TPSA) is 105 Å². The van der Waals surface area contributed by atoms with Gasteiger partial charge in [0.1, 0.15) is 5.82 Å². The summed E-state index contributed by atoms with van der Waals surface area (Å²) in [6.07, 6.45) is 3.71. The quantitative estimate of drug-likeness (QED) is 0.680. The van der Waals surface area contributed by atoms with Crippen molar-refractivity contribution in [2.24, 2.45) is 5.73 Å². The number of hydrogen-bond donors (Lipinski definition) is 3. The average Bonchev–Trinajstić information content (AvgIpc) is 3.11. The van der Waals surface area contributed by atoms with Crippen LogP contribution in [0.3, 0.4) is 0 Å². The molecule has 0 unspecified atom stereocenters. The van der Waals surface area contributed by atoms with E-state index >= 15 is 0 Å². The summed E-state index contributed by atoms with van der Waals surface area (Å²) in [6, 6.07) is 5.24. The summed E-state index contributed by atoms with van der Waals surface area (Å²) >= 11 is 0. The van der Waals surface area contributed by atoms with E-state index in [0.717, 1.165) is 31.2 Å². The van der Waals surface area contributed by atoms with Crippen molar-refractivity contribution >= 4 is 17.8 Å². The number of benzene rings is 1. The summed E-state index contributed by atoms with van der Waals surface area (Å²) < 4.78 is 12.8. The minimum absolute atomic E-state index is 0.00377. The number of amides is 4. The molecule has 2 rings (SSSR count). The molecular formula is C17H23FN4O3. The fourth-order valence-electron chi connectivity index (χ4n) is 2.91. The van der Waals surface area contributed by atoms with Gasteiger partial charge in [0, 0.05) is 12.6 Å². The smallest absolute Gasteiger partial charge is 0.315 e. The molecule has 25 heavy (non-hydrogen) atoms. The van der Waals surface area contributed by atoms with Crippen LogP contribution in [0.15, 0.2) is 24.3 Å². The van der Waals surface area contributed by atoms with Gasteiger partial charge in [0.15, 0.2) is 0 Å². The van der Waals surface area contributed by atoms with Crippen LogP contribution < -0.4 is 16.4 Å². The fraction of sp³-hybridized carbons (Fsp3) is 0.471. The first-order valence-electron chi connectivity index (χ1n) is 8.29. The van der Waals surface area contributed by atoms with Gasteiger partial charge in [-0.25, -0.2) is 9.18 Å². The van der Waals surface area contributed by atoms with E-state index in [2.05, 4.69) is 10.6 Å². The first kappa shape index (κ1) is 18.7. The zero-order valence-electron chi connectivity index (χ0n) is 14.0. The highest BCUT2D eigenvalue weighted by Crippen LogP contribution is 2.23. The molecule has 1 aliphatic carbocycles. The molecule has 136 valence electrons. The summed E-state index contributed by atoms with van der Waals surface area (Å²) in [6.45, 7) is -0.130. The minimum Gasteiger partial charge on any atom is -0.368 e. The van der Waals surface area contributed by atoms with Gasteiger partial charge in [0.2, 0.25) is 11.8 Å². The highest BCUT2D eigenvalue weighted by Gasteiger charge is 2.27. The number of urea groups is 1. The van der Waals surface area contributed by atoms with Crippen molar-refractivity contribution in [2.45, 2.75) is 38.3 Å². The van der Waals surface area contributed by atoms with Crippen LogP contribution in [0.1, 0.15) is 31.2 Å². The van der Waals surface area contributed by atoms with Crippen molar-refractivity contribution < 1.29 is 18.8 Å². The third-order valence-corrected chi connectivity index (χ3v) is 4.18. The Labute approximate surface area is 145 Å². The lowest BCUT2D eigenvalue weighted by Crippen LogP contribution is -2.49. The lowest BCUT2D eigenvalue weighted by Gasteiger charge is -2.27. The van der Waals surface area contributed by atoms with Crippen molar-refractivity contribution in [3.63, 3.8) is 0 Å². The van der Waals surface area contributed by atoms with E-state index in [-0.39, 0.29) is 37.4 Å². The average molecular weight is 350 g/mol. The Morgan fingerprint density at radius 2 is 1.76 bits per heavy atom. The van der Waals surface area contributed by atoms with Crippen LogP contribution in [-0.4, -0.2) is 41.9 Å². The Morgan fingerprint density at radius 1 is 1.12 bits per heavy atom. The largest absolute Gasteiger partial charge is 0.368 e. The second kappa shape index (κ2) is 9.00. The van der Waals surface area contributed by atoms with Crippen molar-refractivity contribution in [3.05, 3.63) is 35.6 Å². The SMILES string of the molecule is NC(=O)CN(C(=O)CNC(=O)NCc1ccc(F)cc1)C1CCCC1. The molecule has 0 atom stereocenters. The van der Waals surface area contributed by atoms with E-state index in [4.69, 9.17) is 5.73 Å². The molecule has 0 aromatic heterocycles. The number of halogens is 1. The van der Waals surface area contributed by atoms with E-state index in [9.17, 15) is 18.8 Å². The predicted molar refractivity (Wildman–Crippen MR) is 89.8 cm³/mol. The molecule has 0 radical (unpaired) electrons.